The van der Waals surface area contributed by atoms with E-state index < -0.39 is 12.1 Å². The molecule has 1 rings (SSSR count). The summed E-state index contributed by atoms with van der Waals surface area (Å²) in [6.07, 6.45) is 13.4. The van der Waals surface area contributed by atoms with Crippen LogP contribution >= 0.6 is 0 Å². The first-order chi connectivity index (χ1) is 8.90. The topological polar surface area (TPSA) is 138 Å². The molecule has 1 fully saturated rings. The molecule has 0 aliphatic heterocycles. The fraction of sp³-hybridized carbons (Fsp3) is 0.846. The van der Waals surface area contributed by atoms with Crippen LogP contribution in [0.1, 0.15) is 64.7 Å². The van der Waals surface area contributed by atoms with Crippen molar-refractivity contribution in [3.63, 3.8) is 0 Å². The number of hydrogen-bond donors (Lipinski definition) is 4. The highest BCUT2D eigenvalue weighted by Gasteiger charge is 2.11. The maximum absolute atomic E-state index is 9.00. The van der Waals surface area contributed by atoms with Crippen molar-refractivity contribution < 1.29 is 9.59 Å². The summed E-state index contributed by atoms with van der Waals surface area (Å²) in [6, 6.07) is -1.67. The van der Waals surface area contributed by atoms with Gasteiger partial charge in [0, 0.05) is 0 Å². The summed E-state index contributed by atoms with van der Waals surface area (Å²) in [7, 11) is 0. The number of hydrogen-bond acceptors (Lipinski definition) is 2. The van der Waals surface area contributed by atoms with Crippen molar-refractivity contribution in [1.82, 2.24) is 0 Å². The molecule has 0 spiro atoms. The first-order valence-electron chi connectivity index (χ1n) is 6.99. The fourth-order valence-electron chi connectivity index (χ4n) is 2.16. The molecular weight excluding hydrogens is 244 g/mol. The van der Waals surface area contributed by atoms with Crippen molar-refractivity contribution in [2.75, 3.05) is 0 Å². The van der Waals surface area contributed by atoms with Gasteiger partial charge in [-0.3, -0.25) is 0 Å². The number of nitrogens with two attached hydrogens (primary N) is 4. The summed E-state index contributed by atoms with van der Waals surface area (Å²) in [5.41, 5.74) is 17.0. The second-order valence-electron chi connectivity index (χ2n) is 4.80. The van der Waals surface area contributed by atoms with Crippen molar-refractivity contribution in [2.45, 2.75) is 64.7 Å². The van der Waals surface area contributed by atoms with Gasteiger partial charge in [0.15, 0.2) is 0 Å². The Labute approximate surface area is 116 Å². The number of carbonyl (C=O) groups excluding carboxylic acids is 2. The minimum Gasteiger partial charge on any atom is -0.352 e. The van der Waals surface area contributed by atoms with Gasteiger partial charge in [-0.2, -0.15) is 0 Å². The molecule has 0 aromatic heterocycles. The van der Waals surface area contributed by atoms with E-state index in [1.165, 1.54) is 57.8 Å². The monoisotopic (exact) mass is 274 g/mol. The maximum Gasteiger partial charge on any atom is 0.309 e. The van der Waals surface area contributed by atoms with Gasteiger partial charge in [-0.05, 0) is 5.92 Å². The standard InChI is InChI=1S/C11H22.2CH4N2O/c1-2-3-5-8-11-9-6-4-7-10-11;2*2-1(3)4/h11H,2-10H2,1H3;2*(H4,2,3,4). The molecule has 1 aliphatic carbocycles. The van der Waals surface area contributed by atoms with E-state index >= 15 is 0 Å². The summed E-state index contributed by atoms with van der Waals surface area (Å²) in [5.74, 6) is 1.11. The van der Waals surface area contributed by atoms with Gasteiger partial charge < -0.3 is 22.9 Å². The van der Waals surface area contributed by atoms with Crippen LogP contribution in [0.4, 0.5) is 9.59 Å². The SMILES string of the molecule is CCCCCC1CCCCC1.NC(N)=O.NC(N)=O. The van der Waals surface area contributed by atoms with Crippen LogP contribution in [0.15, 0.2) is 0 Å². The minimum atomic E-state index is -0.833. The van der Waals surface area contributed by atoms with Gasteiger partial charge in [0.05, 0.1) is 0 Å². The second-order valence-corrected chi connectivity index (χ2v) is 4.80. The van der Waals surface area contributed by atoms with E-state index in [-0.39, 0.29) is 0 Å². The van der Waals surface area contributed by atoms with Crippen LogP contribution in [0.3, 0.4) is 0 Å². The first kappa shape index (κ1) is 19.9. The molecular formula is C13H30N4O2. The average molecular weight is 274 g/mol. The highest BCUT2D eigenvalue weighted by molar-refractivity contribution is 5.69. The molecule has 0 bridgehead atoms. The quantitative estimate of drug-likeness (QED) is 0.584. The van der Waals surface area contributed by atoms with E-state index in [1.54, 1.807) is 0 Å². The molecule has 0 aromatic rings. The van der Waals surface area contributed by atoms with Crippen molar-refractivity contribution >= 4 is 12.1 Å². The van der Waals surface area contributed by atoms with E-state index in [9.17, 15) is 0 Å². The van der Waals surface area contributed by atoms with Crippen molar-refractivity contribution in [1.29, 1.82) is 0 Å². The maximum atomic E-state index is 9.00. The lowest BCUT2D eigenvalue weighted by Crippen LogP contribution is -2.18. The Hall–Kier alpha value is -1.46. The highest BCUT2D eigenvalue weighted by Crippen LogP contribution is 2.27. The molecule has 0 atom stereocenters. The first-order valence-corrected chi connectivity index (χ1v) is 6.99. The summed E-state index contributed by atoms with van der Waals surface area (Å²) in [6.45, 7) is 2.29. The zero-order valence-electron chi connectivity index (χ0n) is 12.1. The van der Waals surface area contributed by atoms with Gasteiger partial charge in [-0.25, -0.2) is 9.59 Å². The Morgan fingerprint density at radius 2 is 1.32 bits per heavy atom. The van der Waals surface area contributed by atoms with Crippen LogP contribution in [0.5, 0.6) is 0 Å². The molecule has 1 aliphatic rings. The average Bonchev–Trinajstić information content (AvgIpc) is 2.29. The number of primary amides is 4. The summed E-state index contributed by atoms with van der Waals surface area (Å²) in [4.78, 5) is 18.0. The Morgan fingerprint density at radius 3 is 1.68 bits per heavy atom. The normalized spacial score (nSPS) is 14.4. The lowest BCUT2D eigenvalue weighted by Gasteiger charge is -2.20. The van der Waals surface area contributed by atoms with E-state index in [2.05, 4.69) is 29.9 Å². The van der Waals surface area contributed by atoms with E-state index in [4.69, 9.17) is 9.59 Å². The van der Waals surface area contributed by atoms with Crippen molar-refractivity contribution in [3.8, 4) is 0 Å². The van der Waals surface area contributed by atoms with Crippen molar-refractivity contribution in [2.24, 2.45) is 28.9 Å². The number of carbonyl (C=O) groups is 2. The van der Waals surface area contributed by atoms with Crippen LogP contribution in [-0.2, 0) is 0 Å². The minimum absolute atomic E-state index is 0.833. The Balaban J connectivity index is 0. The predicted octanol–water partition coefficient (Wildman–Crippen LogP) is 2.19. The molecule has 19 heavy (non-hydrogen) atoms. The van der Waals surface area contributed by atoms with Gasteiger partial charge in [0.1, 0.15) is 0 Å². The molecule has 4 amide bonds. The summed E-state index contributed by atoms with van der Waals surface area (Å²) >= 11 is 0. The number of urea groups is 2. The number of amides is 4. The van der Waals surface area contributed by atoms with Gasteiger partial charge in [-0.1, -0.05) is 64.7 Å². The van der Waals surface area contributed by atoms with Crippen LogP contribution in [-0.4, -0.2) is 12.1 Å². The lowest BCUT2D eigenvalue weighted by molar-refractivity contribution is 0.255. The zero-order chi connectivity index (χ0) is 15.1. The van der Waals surface area contributed by atoms with Crippen LogP contribution in [0, 0.1) is 5.92 Å². The van der Waals surface area contributed by atoms with Crippen LogP contribution in [0.2, 0.25) is 0 Å². The Morgan fingerprint density at radius 1 is 0.895 bits per heavy atom. The third-order valence-electron chi connectivity index (χ3n) is 2.94. The third kappa shape index (κ3) is 26.3. The van der Waals surface area contributed by atoms with Crippen LogP contribution in [0.25, 0.3) is 0 Å². The van der Waals surface area contributed by atoms with Gasteiger partial charge in [0.2, 0.25) is 0 Å². The third-order valence-corrected chi connectivity index (χ3v) is 2.94. The highest BCUT2D eigenvalue weighted by atomic mass is 16.2. The molecule has 0 heterocycles. The second kappa shape index (κ2) is 14.6. The Kier molecular flexibility index (Phi) is 15.3. The van der Waals surface area contributed by atoms with Gasteiger partial charge in [0.25, 0.3) is 0 Å². The molecule has 0 saturated heterocycles. The predicted molar refractivity (Wildman–Crippen MR) is 78.3 cm³/mol. The molecule has 6 nitrogen and oxygen atoms in total. The fourth-order valence-corrected chi connectivity index (χ4v) is 2.16. The molecule has 0 unspecified atom stereocenters. The van der Waals surface area contributed by atoms with Gasteiger partial charge >= 0.3 is 12.1 Å². The molecule has 0 aromatic carbocycles. The van der Waals surface area contributed by atoms with E-state index in [1.807, 2.05) is 0 Å². The number of rotatable bonds is 4. The largest absolute Gasteiger partial charge is 0.352 e. The van der Waals surface area contributed by atoms with Gasteiger partial charge in [-0.15, -0.1) is 0 Å². The molecule has 114 valence electrons. The van der Waals surface area contributed by atoms with Crippen molar-refractivity contribution in [3.05, 3.63) is 0 Å². The molecule has 8 N–H and O–H groups in total. The number of unbranched alkanes of at least 4 members (excludes halogenated alkanes) is 2. The summed E-state index contributed by atoms with van der Waals surface area (Å²) < 4.78 is 0. The smallest absolute Gasteiger partial charge is 0.309 e. The molecule has 0 radical (unpaired) electrons. The zero-order valence-corrected chi connectivity index (χ0v) is 12.1. The molecule has 6 heteroatoms. The van der Waals surface area contributed by atoms with E-state index in [0.29, 0.717) is 0 Å². The van der Waals surface area contributed by atoms with E-state index in [0.717, 1.165) is 5.92 Å². The molecule has 1 saturated carbocycles. The van der Waals surface area contributed by atoms with Crippen LogP contribution < -0.4 is 22.9 Å². The Bertz CT molecular complexity index is 209. The summed E-state index contributed by atoms with van der Waals surface area (Å²) in [5, 5.41) is 0. The lowest BCUT2D eigenvalue weighted by atomic mass is 9.86.